The topological polar surface area (TPSA) is 61.5 Å². The summed E-state index contributed by atoms with van der Waals surface area (Å²) >= 11 is 0. The highest BCUT2D eigenvalue weighted by Crippen LogP contribution is 2.27. The van der Waals surface area contributed by atoms with Crippen molar-refractivity contribution in [3.63, 3.8) is 0 Å². The van der Waals surface area contributed by atoms with Gasteiger partial charge in [0, 0.05) is 0 Å². The van der Waals surface area contributed by atoms with Gasteiger partial charge in [-0.1, -0.05) is 19.1 Å². The Bertz CT molecular complexity index is 370. The molecule has 0 spiro atoms. The molecule has 4 nitrogen and oxygen atoms in total. The van der Waals surface area contributed by atoms with Gasteiger partial charge < -0.3 is 15.2 Å². The number of carbonyl (C=O) groups excluding carboxylic acids is 1. The number of ether oxygens (including phenoxy) is 2. The van der Waals surface area contributed by atoms with Gasteiger partial charge >= 0.3 is 5.97 Å². The van der Waals surface area contributed by atoms with Crippen LogP contribution in [-0.2, 0) is 9.53 Å². The van der Waals surface area contributed by atoms with Gasteiger partial charge in [0.05, 0.1) is 12.3 Å². The normalized spacial score (nSPS) is 11.9. The Kier molecular flexibility index (Phi) is 4.82. The highest BCUT2D eigenvalue weighted by molar-refractivity contribution is 5.75. The van der Waals surface area contributed by atoms with Crippen LogP contribution in [-0.4, -0.2) is 18.7 Å². The Morgan fingerprint density at radius 2 is 2.12 bits per heavy atom. The summed E-state index contributed by atoms with van der Waals surface area (Å²) < 4.78 is 10.6. The second kappa shape index (κ2) is 6.13. The first-order chi connectivity index (χ1) is 8.10. The number of anilines is 1. The lowest BCUT2D eigenvalue weighted by Crippen LogP contribution is -2.29. The summed E-state index contributed by atoms with van der Waals surface area (Å²) in [5.74, 6) is 0.213. The molecule has 1 rings (SSSR count). The summed E-state index contributed by atoms with van der Waals surface area (Å²) in [7, 11) is 0. The third-order valence-corrected chi connectivity index (χ3v) is 2.42. The van der Waals surface area contributed by atoms with Crippen molar-refractivity contribution < 1.29 is 14.3 Å². The van der Waals surface area contributed by atoms with Crippen molar-refractivity contribution in [1.29, 1.82) is 0 Å². The molecule has 1 aromatic rings. The van der Waals surface area contributed by atoms with E-state index in [1.807, 2.05) is 26.0 Å². The Labute approximate surface area is 102 Å². The predicted molar refractivity (Wildman–Crippen MR) is 66.9 cm³/mol. The summed E-state index contributed by atoms with van der Waals surface area (Å²) in [6.45, 7) is 5.88. The Morgan fingerprint density at radius 1 is 1.41 bits per heavy atom. The lowest BCUT2D eigenvalue weighted by atomic mass is 10.2. The van der Waals surface area contributed by atoms with E-state index in [4.69, 9.17) is 15.2 Å². The molecule has 0 aliphatic heterocycles. The van der Waals surface area contributed by atoms with Gasteiger partial charge in [-0.25, -0.2) is 4.79 Å². The maximum Gasteiger partial charge on any atom is 0.347 e. The summed E-state index contributed by atoms with van der Waals surface area (Å²) in [6, 6.07) is 5.49. The van der Waals surface area contributed by atoms with E-state index in [0.717, 1.165) is 5.56 Å². The van der Waals surface area contributed by atoms with Crippen LogP contribution in [0.4, 0.5) is 5.69 Å². The minimum atomic E-state index is -0.599. The highest BCUT2D eigenvalue weighted by Gasteiger charge is 2.21. The zero-order chi connectivity index (χ0) is 12.8. The molecule has 0 radical (unpaired) electrons. The van der Waals surface area contributed by atoms with Crippen molar-refractivity contribution in [2.75, 3.05) is 12.3 Å². The molecular formula is C13H19NO3. The van der Waals surface area contributed by atoms with Crippen LogP contribution in [0.5, 0.6) is 5.75 Å². The Morgan fingerprint density at radius 3 is 2.65 bits per heavy atom. The molecule has 4 heteroatoms. The number of nitrogens with two attached hydrogens (primary N) is 1. The quantitative estimate of drug-likeness (QED) is 0.630. The number of hydrogen-bond donors (Lipinski definition) is 1. The van der Waals surface area contributed by atoms with E-state index in [0.29, 0.717) is 24.5 Å². The largest absolute Gasteiger partial charge is 0.476 e. The fourth-order valence-corrected chi connectivity index (χ4v) is 1.51. The number of hydrogen-bond acceptors (Lipinski definition) is 4. The number of para-hydroxylation sites is 1. The minimum Gasteiger partial charge on any atom is -0.476 e. The maximum absolute atomic E-state index is 11.6. The van der Waals surface area contributed by atoms with Gasteiger partial charge in [-0.05, 0) is 31.9 Å². The second-order valence-electron chi connectivity index (χ2n) is 3.76. The van der Waals surface area contributed by atoms with Crippen LogP contribution >= 0.6 is 0 Å². The third-order valence-electron chi connectivity index (χ3n) is 2.42. The molecule has 1 unspecified atom stereocenters. The molecule has 17 heavy (non-hydrogen) atoms. The maximum atomic E-state index is 11.6. The molecule has 0 aliphatic rings. The van der Waals surface area contributed by atoms with E-state index in [2.05, 4.69) is 0 Å². The molecule has 2 N–H and O–H groups in total. The van der Waals surface area contributed by atoms with E-state index < -0.39 is 6.10 Å². The van der Waals surface area contributed by atoms with Crippen LogP contribution < -0.4 is 10.5 Å². The molecule has 94 valence electrons. The summed E-state index contributed by atoms with van der Waals surface area (Å²) in [5, 5.41) is 0. The number of carbonyl (C=O) groups is 1. The number of esters is 1. The lowest BCUT2D eigenvalue weighted by molar-refractivity contribution is -0.151. The Hall–Kier alpha value is -1.71. The molecule has 0 aliphatic carbocycles. The van der Waals surface area contributed by atoms with Crippen LogP contribution in [0.15, 0.2) is 18.2 Å². The second-order valence-corrected chi connectivity index (χ2v) is 3.76. The molecule has 0 aromatic heterocycles. The predicted octanol–water partition coefficient (Wildman–Crippen LogP) is 2.30. The minimum absolute atomic E-state index is 0.349. The zero-order valence-electron chi connectivity index (χ0n) is 10.5. The van der Waals surface area contributed by atoms with E-state index in [1.54, 1.807) is 13.0 Å². The number of aryl methyl sites for hydroxylation is 1. The van der Waals surface area contributed by atoms with Crippen molar-refractivity contribution in [1.82, 2.24) is 0 Å². The van der Waals surface area contributed by atoms with E-state index in [1.165, 1.54) is 0 Å². The van der Waals surface area contributed by atoms with Crippen molar-refractivity contribution >= 4 is 11.7 Å². The smallest absolute Gasteiger partial charge is 0.347 e. The van der Waals surface area contributed by atoms with Gasteiger partial charge in [0.1, 0.15) is 5.75 Å². The van der Waals surface area contributed by atoms with Crippen LogP contribution in [0, 0.1) is 6.92 Å². The molecule has 0 saturated heterocycles. The molecule has 0 bridgehead atoms. The van der Waals surface area contributed by atoms with E-state index in [9.17, 15) is 4.79 Å². The van der Waals surface area contributed by atoms with Crippen LogP contribution in [0.2, 0.25) is 0 Å². The molecule has 0 heterocycles. The summed E-state index contributed by atoms with van der Waals surface area (Å²) in [4.78, 5) is 11.6. The molecule has 1 atom stereocenters. The first kappa shape index (κ1) is 13.4. The molecule has 0 amide bonds. The lowest BCUT2D eigenvalue weighted by Gasteiger charge is -2.18. The third kappa shape index (κ3) is 3.37. The summed E-state index contributed by atoms with van der Waals surface area (Å²) in [6.07, 6.45) is -0.0505. The molecule has 0 fully saturated rings. The standard InChI is InChI=1S/C13H19NO3/c1-4-11(13(15)16-5-2)17-12-9(3)7-6-8-10(12)14/h6-8,11H,4-5,14H2,1-3H3. The average Bonchev–Trinajstić information content (AvgIpc) is 2.29. The number of rotatable bonds is 5. The van der Waals surface area contributed by atoms with Gasteiger partial charge in [0.25, 0.3) is 0 Å². The fourth-order valence-electron chi connectivity index (χ4n) is 1.51. The van der Waals surface area contributed by atoms with Crippen molar-refractivity contribution in [2.24, 2.45) is 0 Å². The molecule has 1 aromatic carbocycles. The van der Waals surface area contributed by atoms with Crippen molar-refractivity contribution in [2.45, 2.75) is 33.3 Å². The highest BCUT2D eigenvalue weighted by atomic mass is 16.6. The van der Waals surface area contributed by atoms with E-state index >= 15 is 0 Å². The zero-order valence-corrected chi connectivity index (χ0v) is 10.5. The van der Waals surface area contributed by atoms with Crippen molar-refractivity contribution in [3.05, 3.63) is 23.8 Å². The van der Waals surface area contributed by atoms with Gasteiger partial charge in [0.2, 0.25) is 0 Å². The Balaban J connectivity index is 2.84. The first-order valence-electron chi connectivity index (χ1n) is 5.78. The van der Waals surface area contributed by atoms with Gasteiger partial charge in [-0.15, -0.1) is 0 Å². The van der Waals surface area contributed by atoms with E-state index in [-0.39, 0.29) is 5.97 Å². The summed E-state index contributed by atoms with van der Waals surface area (Å²) in [5.41, 5.74) is 7.27. The fraction of sp³-hybridized carbons (Fsp3) is 0.462. The average molecular weight is 237 g/mol. The van der Waals surface area contributed by atoms with Crippen molar-refractivity contribution in [3.8, 4) is 5.75 Å². The molecular weight excluding hydrogens is 218 g/mol. The number of benzene rings is 1. The van der Waals surface area contributed by atoms with Gasteiger partial charge in [-0.3, -0.25) is 0 Å². The SMILES string of the molecule is CCOC(=O)C(CC)Oc1c(C)cccc1N. The van der Waals surface area contributed by atoms with Crippen LogP contribution in [0.25, 0.3) is 0 Å². The first-order valence-corrected chi connectivity index (χ1v) is 5.78. The van der Waals surface area contributed by atoms with Gasteiger partial charge in [0.15, 0.2) is 6.10 Å². The van der Waals surface area contributed by atoms with Gasteiger partial charge in [-0.2, -0.15) is 0 Å². The van der Waals surface area contributed by atoms with Crippen LogP contribution in [0.3, 0.4) is 0 Å². The number of nitrogen functional groups attached to an aromatic ring is 1. The van der Waals surface area contributed by atoms with Crippen LogP contribution in [0.1, 0.15) is 25.8 Å². The molecule has 0 saturated carbocycles. The monoisotopic (exact) mass is 237 g/mol.